The van der Waals surface area contributed by atoms with Gasteiger partial charge >= 0.3 is 0 Å². The van der Waals surface area contributed by atoms with Gasteiger partial charge in [0, 0.05) is 0 Å². The van der Waals surface area contributed by atoms with Crippen LogP contribution in [0.3, 0.4) is 0 Å². The summed E-state index contributed by atoms with van der Waals surface area (Å²) in [4.78, 5) is 0. The van der Waals surface area contributed by atoms with Crippen molar-refractivity contribution >= 4 is 0 Å². The van der Waals surface area contributed by atoms with Gasteiger partial charge < -0.3 is 14.2 Å². The molecule has 0 aliphatic heterocycles. The lowest BCUT2D eigenvalue weighted by atomic mass is 10.1. The van der Waals surface area contributed by atoms with E-state index in [4.69, 9.17) is 14.2 Å². The lowest BCUT2D eigenvalue weighted by Crippen LogP contribution is -1.98. The second-order valence-corrected chi connectivity index (χ2v) is 8.42. The molecule has 0 N–H and O–H groups in total. The third kappa shape index (κ3) is 7.31. The highest BCUT2D eigenvalue weighted by molar-refractivity contribution is 5.38. The Bertz CT molecular complexity index is 1190. The van der Waals surface area contributed by atoms with E-state index in [1.54, 1.807) is 61.1 Å². The van der Waals surface area contributed by atoms with Crippen molar-refractivity contribution in [1.29, 1.82) is 0 Å². The van der Waals surface area contributed by atoms with E-state index in [2.05, 4.69) is 13.2 Å². The smallest absolute Gasteiger partial charge is 0.143 e. The maximum absolute atomic E-state index is 13.6. The van der Waals surface area contributed by atoms with E-state index in [1.807, 2.05) is 36.5 Å². The first-order chi connectivity index (χ1) is 18.0. The van der Waals surface area contributed by atoms with Crippen LogP contribution in [0, 0.1) is 0 Å². The summed E-state index contributed by atoms with van der Waals surface area (Å²) < 4.78 is 44.6. The molecule has 2 atom stereocenters. The van der Waals surface area contributed by atoms with Crippen LogP contribution in [0.25, 0.3) is 0 Å². The minimum atomic E-state index is -1.18. The van der Waals surface area contributed by atoms with Crippen molar-refractivity contribution in [3.8, 4) is 11.5 Å². The molecule has 0 bridgehead atoms. The van der Waals surface area contributed by atoms with Gasteiger partial charge in [-0.3, -0.25) is 0 Å². The largest absolute Gasteiger partial charge is 0.465 e. The molecule has 0 saturated carbocycles. The van der Waals surface area contributed by atoms with Crippen LogP contribution in [0.2, 0.25) is 0 Å². The standard InChI is InChI=1S/C32H28F2O3/c1-3-31(33)25-9-17-27(18-10-25)35-21-23-5-13-29(14-6-23)37-30-15-7-24(8-16-30)22-36-28-19-11-26(12-20-28)32(34)4-2/h3-5,7,9-22,31-32H,1-2,6,8H2. The number of hydrogen-bond donors (Lipinski definition) is 0. The van der Waals surface area contributed by atoms with Gasteiger partial charge in [-0.15, -0.1) is 0 Å². The fraction of sp³-hybridized carbons (Fsp3) is 0.125. The van der Waals surface area contributed by atoms with Crippen LogP contribution in [0.1, 0.15) is 36.3 Å². The lowest BCUT2D eigenvalue weighted by Gasteiger charge is -2.14. The van der Waals surface area contributed by atoms with Gasteiger partial charge in [0.25, 0.3) is 0 Å². The minimum absolute atomic E-state index is 0.546. The van der Waals surface area contributed by atoms with E-state index in [9.17, 15) is 8.78 Å². The summed E-state index contributed by atoms with van der Waals surface area (Å²) in [6.45, 7) is 6.93. The molecule has 0 heterocycles. The first kappa shape index (κ1) is 25.7. The summed E-state index contributed by atoms with van der Waals surface area (Å²) in [6.07, 6.45) is 16.5. The lowest BCUT2D eigenvalue weighted by molar-refractivity contribution is 0.331. The summed E-state index contributed by atoms with van der Waals surface area (Å²) in [5, 5.41) is 0. The number of allylic oxidation sites excluding steroid dienone is 10. The van der Waals surface area contributed by atoms with E-state index < -0.39 is 12.3 Å². The predicted molar refractivity (Wildman–Crippen MR) is 143 cm³/mol. The zero-order chi connectivity index (χ0) is 26.0. The van der Waals surface area contributed by atoms with E-state index in [1.165, 1.54) is 12.2 Å². The van der Waals surface area contributed by atoms with Crippen molar-refractivity contribution in [3.63, 3.8) is 0 Å². The molecule has 2 aromatic rings. The monoisotopic (exact) mass is 498 g/mol. The zero-order valence-corrected chi connectivity index (χ0v) is 20.4. The fourth-order valence-electron chi connectivity index (χ4n) is 3.57. The Kier molecular flexibility index (Phi) is 8.71. The molecule has 0 saturated heterocycles. The number of alkyl halides is 2. The Morgan fingerprint density at radius 3 is 1.35 bits per heavy atom. The van der Waals surface area contributed by atoms with E-state index >= 15 is 0 Å². The highest BCUT2D eigenvalue weighted by atomic mass is 19.1. The first-order valence-corrected chi connectivity index (χ1v) is 11.9. The number of halogens is 2. The molecule has 3 nitrogen and oxygen atoms in total. The maximum Gasteiger partial charge on any atom is 0.143 e. The topological polar surface area (TPSA) is 27.7 Å². The second kappa shape index (κ2) is 12.5. The molecule has 2 aliphatic carbocycles. The maximum atomic E-state index is 13.6. The molecule has 0 fully saturated rings. The summed E-state index contributed by atoms with van der Waals surface area (Å²) in [5.74, 6) is 2.78. The number of benzene rings is 2. The van der Waals surface area contributed by atoms with Gasteiger partial charge in [0.15, 0.2) is 0 Å². The van der Waals surface area contributed by atoms with Crippen molar-refractivity contribution in [2.24, 2.45) is 0 Å². The van der Waals surface area contributed by atoms with E-state index in [-0.39, 0.29) is 0 Å². The van der Waals surface area contributed by atoms with E-state index in [0.717, 1.165) is 22.7 Å². The van der Waals surface area contributed by atoms with Crippen LogP contribution in [0.4, 0.5) is 8.78 Å². The van der Waals surface area contributed by atoms with Crippen LogP contribution < -0.4 is 9.47 Å². The number of hydrogen-bond acceptors (Lipinski definition) is 3. The molecule has 0 spiro atoms. The van der Waals surface area contributed by atoms with Gasteiger partial charge in [0.05, 0.1) is 12.5 Å². The number of rotatable bonds is 10. The summed E-state index contributed by atoms with van der Waals surface area (Å²) in [6, 6.07) is 13.7. The molecule has 5 heteroatoms. The predicted octanol–water partition coefficient (Wildman–Crippen LogP) is 9.01. The molecule has 0 radical (unpaired) electrons. The molecular formula is C32H28F2O3. The third-order valence-corrected chi connectivity index (χ3v) is 5.74. The van der Waals surface area contributed by atoms with Crippen LogP contribution in [-0.2, 0) is 4.74 Å². The molecule has 2 aliphatic rings. The SMILES string of the molecule is C=CC(F)c1ccc(OC=C2C=CC(OC3=CCC(=COc4ccc(C(F)C=C)cc4)C=C3)=CC2)cc1. The Morgan fingerprint density at radius 2 is 1.03 bits per heavy atom. The van der Waals surface area contributed by atoms with Gasteiger partial charge in [0.1, 0.15) is 35.4 Å². The van der Waals surface area contributed by atoms with Crippen LogP contribution in [0.5, 0.6) is 11.5 Å². The van der Waals surface area contributed by atoms with Crippen molar-refractivity contribution in [2.75, 3.05) is 0 Å². The number of ether oxygens (including phenoxy) is 3. The summed E-state index contributed by atoms with van der Waals surface area (Å²) in [5.41, 5.74) is 3.07. The molecule has 2 unspecified atom stereocenters. The van der Waals surface area contributed by atoms with Crippen molar-refractivity contribution < 1.29 is 23.0 Å². The fourth-order valence-corrected chi connectivity index (χ4v) is 3.57. The Morgan fingerprint density at radius 1 is 0.622 bits per heavy atom. The molecular weight excluding hydrogens is 470 g/mol. The Labute approximate surface area is 216 Å². The summed E-state index contributed by atoms with van der Waals surface area (Å²) in [7, 11) is 0. The first-order valence-electron chi connectivity index (χ1n) is 11.9. The second-order valence-electron chi connectivity index (χ2n) is 8.42. The van der Waals surface area contributed by atoms with Crippen molar-refractivity contribution in [3.05, 3.63) is 157 Å². The molecule has 0 amide bonds. The average molecular weight is 499 g/mol. The normalized spacial score (nSPS) is 18.5. The van der Waals surface area contributed by atoms with Gasteiger partial charge in [-0.05, 0) is 83.7 Å². The molecule has 4 rings (SSSR count). The van der Waals surface area contributed by atoms with Gasteiger partial charge in [-0.1, -0.05) is 61.7 Å². The highest BCUT2D eigenvalue weighted by Gasteiger charge is 2.09. The van der Waals surface area contributed by atoms with Crippen LogP contribution in [0.15, 0.2) is 145 Å². The Hall–Kier alpha value is -4.38. The quantitative estimate of drug-likeness (QED) is 0.242. The van der Waals surface area contributed by atoms with Gasteiger partial charge in [-0.2, -0.15) is 0 Å². The van der Waals surface area contributed by atoms with Crippen LogP contribution in [-0.4, -0.2) is 0 Å². The molecule has 0 aromatic heterocycles. The summed E-state index contributed by atoms with van der Waals surface area (Å²) >= 11 is 0. The van der Waals surface area contributed by atoms with Crippen LogP contribution >= 0.6 is 0 Å². The third-order valence-electron chi connectivity index (χ3n) is 5.74. The molecule has 37 heavy (non-hydrogen) atoms. The highest BCUT2D eigenvalue weighted by Crippen LogP contribution is 2.26. The Balaban J connectivity index is 1.23. The van der Waals surface area contributed by atoms with Gasteiger partial charge in [-0.25, -0.2) is 8.78 Å². The average Bonchev–Trinajstić information content (AvgIpc) is 2.96. The zero-order valence-electron chi connectivity index (χ0n) is 20.4. The van der Waals surface area contributed by atoms with Gasteiger partial charge in [0.2, 0.25) is 0 Å². The van der Waals surface area contributed by atoms with Crippen molar-refractivity contribution in [1.82, 2.24) is 0 Å². The van der Waals surface area contributed by atoms with Crippen molar-refractivity contribution in [2.45, 2.75) is 25.2 Å². The molecule has 2 aromatic carbocycles. The minimum Gasteiger partial charge on any atom is -0.465 e. The molecule has 188 valence electrons. The van der Waals surface area contributed by atoms with E-state index in [0.29, 0.717) is 35.5 Å².